The van der Waals surface area contributed by atoms with E-state index in [2.05, 4.69) is 5.32 Å². The van der Waals surface area contributed by atoms with Gasteiger partial charge in [0.1, 0.15) is 0 Å². The molecule has 1 aromatic carbocycles. The number of hydrogen-bond donors (Lipinski definition) is 1. The zero-order chi connectivity index (χ0) is 14.1. The molecule has 1 atom stereocenters. The number of nitrogens with zero attached hydrogens (tertiary/aromatic N) is 1. The normalized spacial score (nSPS) is 18.1. The lowest BCUT2D eigenvalue weighted by atomic mass is 9.98. The molecular formula is C15H16Cl2N2S. The van der Waals surface area contributed by atoms with Gasteiger partial charge < -0.3 is 5.32 Å². The van der Waals surface area contributed by atoms with Crippen LogP contribution in [0.1, 0.15) is 40.0 Å². The zero-order valence-electron chi connectivity index (χ0n) is 11.2. The van der Waals surface area contributed by atoms with Crippen molar-refractivity contribution >= 4 is 34.5 Å². The monoisotopic (exact) mass is 326 g/mol. The molecule has 1 heterocycles. The molecule has 5 heteroatoms. The first kappa shape index (κ1) is 14.3. The Morgan fingerprint density at radius 2 is 2.20 bits per heavy atom. The Hall–Kier alpha value is -0.610. The average molecular weight is 327 g/mol. The molecule has 0 aliphatic heterocycles. The first-order valence-electron chi connectivity index (χ1n) is 6.77. The van der Waals surface area contributed by atoms with Crippen molar-refractivity contribution in [1.29, 1.82) is 0 Å². The summed E-state index contributed by atoms with van der Waals surface area (Å²) in [6.07, 6.45) is 4.35. The number of thiazole rings is 1. The van der Waals surface area contributed by atoms with Crippen molar-refractivity contribution in [3.63, 3.8) is 0 Å². The smallest absolute Gasteiger partial charge is 0.0975 e. The van der Waals surface area contributed by atoms with Gasteiger partial charge in [0.25, 0.3) is 0 Å². The lowest BCUT2D eigenvalue weighted by molar-refractivity contribution is 0.501. The molecule has 1 unspecified atom stereocenters. The Balaban J connectivity index is 1.84. The molecule has 0 bridgehead atoms. The van der Waals surface area contributed by atoms with E-state index in [1.165, 1.54) is 23.4 Å². The maximum atomic E-state index is 6.07. The average Bonchev–Trinajstić information content (AvgIpc) is 2.85. The van der Waals surface area contributed by atoms with Crippen LogP contribution in [-0.2, 0) is 12.8 Å². The van der Waals surface area contributed by atoms with E-state index >= 15 is 0 Å². The van der Waals surface area contributed by atoms with Crippen molar-refractivity contribution in [2.24, 2.45) is 0 Å². The third-order valence-corrected chi connectivity index (χ3v) is 5.63. The van der Waals surface area contributed by atoms with Gasteiger partial charge in [0.15, 0.2) is 0 Å². The maximum absolute atomic E-state index is 6.07. The molecule has 1 aromatic heterocycles. The molecule has 0 radical (unpaired) electrons. The van der Waals surface area contributed by atoms with E-state index in [0.29, 0.717) is 16.1 Å². The molecule has 20 heavy (non-hydrogen) atoms. The molecule has 106 valence electrons. The minimum absolute atomic E-state index is 0.471. The van der Waals surface area contributed by atoms with Gasteiger partial charge in [-0.15, -0.1) is 11.3 Å². The highest BCUT2D eigenvalue weighted by Crippen LogP contribution is 2.35. The Kier molecular flexibility index (Phi) is 4.32. The second kappa shape index (κ2) is 6.02. The van der Waals surface area contributed by atoms with Crippen molar-refractivity contribution in [3.8, 4) is 0 Å². The summed E-state index contributed by atoms with van der Waals surface area (Å²) < 4.78 is 0. The largest absolute Gasteiger partial charge is 0.312 e. The second-order valence-electron chi connectivity index (χ2n) is 5.08. The third kappa shape index (κ3) is 2.86. The van der Waals surface area contributed by atoms with Crippen LogP contribution in [0.25, 0.3) is 0 Å². The fourth-order valence-corrected chi connectivity index (χ4v) is 4.26. The molecule has 2 nitrogen and oxygen atoms in total. The van der Waals surface area contributed by atoms with Crippen LogP contribution in [0.15, 0.2) is 18.2 Å². The first-order chi connectivity index (χ1) is 9.67. The van der Waals surface area contributed by atoms with Gasteiger partial charge >= 0.3 is 0 Å². The fourth-order valence-electron chi connectivity index (χ4n) is 2.65. The van der Waals surface area contributed by atoms with Gasteiger partial charge in [0, 0.05) is 17.3 Å². The summed E-state index contributed by atoms with van der Waals surface area (Å²) in [5.74, 6) is 0. The third-order valence-electron chi connectivity index (χ3n) is 3.68. The van der Waals surface area contributed by atoms with E-state index in [0.717, 1.165) is 23.4 Å². The molecule has 2 aromatic rings. The van der Waals surface area contributed by atoms with E-state index in [9.17, 15) is 0 Å². The fraction of sp³-hybridized carbons (Fsp3) is 0.400. The Morgan fingerprint density at radius 3 is 2.95 bits per heavy atom. The molecule has 0 saturated heterocycles. The summed E-state index contributed by atoms with van der Waals surface area (Å²) >= 11 is 13.8. The Bertz CT molecular complexity index is 624. The number of nitrogens with one attached hydrogen (secondary N) is 1. The van der Waals surface area contributed by atoms with Crippen LogP contribution in [0.3, 0.4) is 0 Å². The molecule has 0 amide bonds. The summed E-state index contributed by atoms with van der Waals surface area (Å²) in [5.41, 5.74) is 2.43. The van der Waals surface area contributed by atoms with Crippen molar-refractivity contribution in [3.05, 3.63) is 49.4 Å². The van der Waals surface area contributed by atoms with Crippen molar-refractivity contribution < 1.29 is 0 Å². The zero-order valence-corrected chi connectivity index (χ0v) is 13.6. The molecule has 0 saturated carbocycles. The number of halogens is 2. The number of hydrogen-bond acceptors (Lipinski definition) is 3. The quantitative estimate of drug-likeness (QED) is 0.888. The van der Waals surface area contributed by atoms with Gasteiger partial charge in [-0.3, -0.25) is 0 Å². The van der Waals surface area contributed by atoms with Crippen LogP contribution in [0.4, 0.5) is 0 Å². The van der Waals surface area contributed by atoms with Crippen molar-refractivity contribution in [2.45, 2.75) is 31.7 Å². The molecule has 1 N–H and O–H groups in total. The molecular weight excluding hydrogens is 311 g/mol. The topological polar surface area (TPSA) is 24.9 Å². The van der Waals surface area contributed by atoms with Gasteiger partial charge in [-0.1, -0.05) is 29.3 Å². The van der Waals surface area contributed by atoms with E-state index in [4.69, 9.17) is 28.2 Å². The maximum Gasteiger partial charge on any atom is 0.0975 e. The van der Waals surface area contributed by atoms with Gasteiger partial charge in [-0.2, -0.15) is 0 Å². The second-order valence-corrected chi connectivity index (χ2v) is 7.01. The predicted molar refractivity (Wildman–Crippen MR) is 86.1 cm³/mol. The highest BCUT2D eigenvalue weighted by atomic mass is 35.5. The predicted octanol–water partition coefficient (Wildman–Crippen LogP) is 4.64. The summed E-state index contributed by atoms with van der Waals surface area (Å²) in [6, 6.07) is 6.27. The van der Waals surface area contributed by atoms with Crippen LogP contribution in [-0.4, -0.2) is 12.0 Å². The standard InChI is InChI=1S/C15H16Cl2N2S/c1-18-12-3-2-4-13-15(12)20-14(19-13)8-9-5-6-10(16)11(17)7-9/h5-7,12,18H,2-4,8H2,1H3. The summed E-state index contributed by atoms with van der Waals surface area (Å²) in [6.45, 7) is 0. The van der Waals surface area contributed by atoms with E-state index in [1.54, 1.807) is 0 Å². The number of rotatable bonds is 3. The SMILES string of the molecule is CNC1CCCc2nc(Cc3ccc(Cl)c(Cl)c3)sc21. The van der Waals surface area contributed by atoms with Crippen LogP contribution < -0.4 is 5.32 Å². The minimum atomic E-state index is 0.471. The van der Waals surface area contributed by atoms with Gasteiger partial charge in [-0.25, -0.2) is 4.98 Å². The number of aryl methyl sites for hydroxylation is 1. The highest BCUT2D eigenvalue weighted by Gasteiger charge is 2.23. The molecule has 0 fully saturated rings. The number of benzene rings is 1. The molecule has 3 rings (SSSR count). The van der Waals surface area contributed by atoms with E-state index in [1.807, 2.05) is 36.6 Å². The van der Waals surface area contributed by atoms with Crippen molar-refractivity contribution in [1.82, 2.24) is 10.3 Å². The van der Waals surface area contributed by atoms with Crippen LogP contribution in [0, 0.1) is 0 Å². The van der Waals surface area contributed by atoms with E-state index in [-0.39, 0.29) is 0 Å². The summed E-state index contributed by atoms with van der Waals surface area (Å²) in [4.78, 5) is 6.21. The van der Waals surface area contributed by atoms with E-state index < -0.39 is 0 Å². The van der Waals surface area contributed by atoms with Crippen molar-refractivity contribution in [2.75, 3.05) is 7.05 Å². The highest BCUT2D eigenvalue weighted by molar-refractivity contribution is 7.11. The number of aromatic nitrogens is 1. The molecule has 1 aliphatic carbocycles. The Morgan fingerprint density at radius 1 is 1.35 bits per heavy atom. The lowest BCUT2D eigenvalue weighted by Crippen LogP contribution is -2.19. The van der Waals surface area contributed by atoms with Crippen LogP contribution in [0.5, 0.6) is 0 Å². The van der Waals surface area contributed by atoms with Gasteiger partial charge in [0.05, 0.1) is 20.7 Å². The van der Waals surface area contributed by atoms with Gasteiger partial charge in [-0.05, 0) is 44.0 Å². The summed E-state index contributed by atoms with van der Waals surface area (Å²) in [5, 5.41) is 5.76. The molecule has 0 spiro atoms. The number of fused-ring (bicyclic) bond motifs is 1. The minimum Gasteiger partial charge on any atom is -0.312 e. The Labute approximate surface area is 133 Å². The lowest BCUT2D eigenvalue weighted by Gasteiger charge is -2.20. The first-order valence-corrected chi connectivity index (χ1v) is 8.34. The van der Waals surface area contributed by atoms with Crippen LogP contribution >= 0.6 is 34.5 Å². The van der Waals surface area contributed by atoms with Gasteiger partial charge in [0.2, 0.25) is 0 Å². The van der Waals surface area contributed by atoms with Crippen LogP contribution in [0.2, 0.25) is 10.0 Å². The molecule has 1 aliphatic rings. The summed E-state index contributed by atoms with van der Waals surface area (Å²) in [7, 11) is 2.03.